The van der Waals surface area contributed by atoms with Crippen molar-refractivity contribution in [1.82, 2.24) is 10.2 Å². The fourth-order valence-electron chi connectivity index (χ4n) is 3.81. The third-order valence-corrected chi connectivity index (χ3v) is 5.02. The van der Waals surface area contributed by atoms with Crippen LogP contribution < -0.4 is 5.32 Å². The minimum Gasteiger partial charge on any atom is -0.355 e. The van der Waals surface area contributed by atoms with Crippen molar-refractivity contribution in [2.75, 3.05) is 26.7 Å². The molecule has 3 aliphatic heterocycles. The highest BCUT2D eigenvalue weighted by Crippen LogP contribution is 2.34. The van der Waals surface area contributed by atoms with Gasteiger partial charge in [0.25, 0.3) is 11.6 Å². The van der Waals surface area contributed by atoms with E-state index in [1.807, 2.05) is 0 Å². The number of carbonyl (C=O) groups is 1. The molecule has 6 nitrogen and oxygen atoms in total. The molecule has 3 fully saturated rings. The van der Waals surface area contributed by atoms with E-state index in [1.54, 1.807) is 12.1 Å². The van der Waals surface area contributed by atoms with Crippen LogP contribution >= 0.6 is 0 Å². The number of nitrogens with zero attached hydrogens (tertiary/aromatic N) is 2. The molecule has 118 valence electrons. The fraction of sp³-hybridized carbons (Fsp3) is 0.562. The predicted molar refractivity (Wildman–Crippen MR) is 82.8 cm³/mol. The Labute approximate surface area is 129 Å². The summed E-state index contributed by atoms with van der Waals surface area (Å²) in [7, 11) is 1.49. The zero-order valence-corrected chi connectivity index (χ0v) is 12.7. The van der Waals surface area contributed by atoms with Crippen LogP contribution in [-0.2, 0) is 6.42 Å². The van der Waals surface area contributed by atoms with Crippen molar-refractivity contribution in [2.45, 2.75) is 19.3 Å². The van der Waals surface area contributed by atoms with Crippen molar-refractivity contribution >= 4 is 11.6 Å². The molecule has 4 rings (SSSR count). The average molecular weight is 303 g/mol. The Hall–Kier alpha value is -1.95. The molecular formula is C16H21N3O3. The second kappa shape index (κ2) is 6.04. The number of hydrogen-bond donors (Lipinski definition) is 1. The quantitative estimate of drug-likeness (QED) is 0.680. The van der Waals surface area contributed by atoms with Gasteiger partial charge in [-0.15, -0.1) is 0 Å². The summed E-state index contributed by atoms with van der Waals surface area (Å²) in [6.07, 6.45) is 3.39. The number of fused-ring (bicyclic) bond motifs is 3. The lowest BCUT2D eigenvalue weighted by atomic mass is 9.76. The molecule has 1 aromatic rings. The van der Waals surface area contributed by atoms with Crippen LogP contribution in [0.4, 0.5) is 5.69 Å². The van der Waals surface area contributed by atoms with E-state index < -0.39 is 10.8 Å². The molecule has 0 radical (unpaired) electrons. The van der Waals surface area contributed by atoms with E-state index in [2.05, 4.69) is 10.2 Å². The summed E-state index contributed by atoms with van der Waals surface area (Å²) in [5.74, 6) is 0.951. The number of nitro benzene ring substituents is 1. The highest BCUT2D eigenvalue weighted by atomic mass is 16.6. The Bertz CT molecular complexity index is 594. The Morgan fingerprint density at radius 1 is 1.41 bits per heavy atom. The smallest absolute Gasteiger partial charge is 0.282 e. The van der Waals surface area contributed by atoms with Gasteiger partial charge in [-0.2, -0.15) is 0 Å². The predicted octanol–water partition coefficient (Wildman–Crippen LogP) is 1.84. The van der Waals surface area contributed by atoms with Crippen LogP contribution in [0.1, 0.15) is 28.8 Å². The molecule has 1 unspecified atom stereocenters. The van der Waals surface area contributed by atoms with E-state index in [4.69, 9.17) is 0 Å². The number of carbonyl (C=O) groups excluding carboxylic acids is 1. The molecule has 3 aliphatic rings. The maximum atomic E-state index is 11.9. The lowest BCUT2D eigenvalue weighted by molar-refractivity contribution is -0.385. The first kappa shape index (κ1) is 15.0. The highest BCUT2D eigenvalue weighted by molar-refractivity contribution is 5.98. The summed E-state index contributed by atoms with van der Waals surface area (Å²) in [6, 6.07) is 4.94. The number of amides is 1. The maximum absolute atomic E-state index is 11.9. The topological polar surface area (TPSA) is 75.5 Å². The van der Waals surface area contributed by atoms with Crippen molar-refractivity contribution in [3.05, 3.63) is 39.4 Å². The number of hydrogen-bond acceptors (Lipinski definition) is 4. The van der Waals surface area contributed by atoms with Crippen molar-refractivity contribution in [1.29, 1.82) is 0 Å². The van der Waals surface area contributed by atoms with Crippen molar-refractivity contribution in [3.63, 3.8) is 0 Å². The number of rotatable bonds is 4. The van der Waals surface area contributed by atoms with Crippen molar-refractivity contribution in [2.24, 2.45) is 11.8 Å². The minimum atomic E-state index is -0.497. The van der Waals surface area contributed by atoms with Gasteiger partial charge >= 0.3 is 0 Å². The zero-order chi connectivity index (χ0) is 15.7. The number of benzene rings is 1. The van der Waals surface area contributed by atoms with Crippen LogP contribution in [0.3, 0.4) is 0 Å². The molecule has 6 heteroatoms. The molecule has 22 heavy (non-hydrogen) atoms. The second-order valence-corrected chi connectivity index (χ2v) is 6.29. The van der Waals surface area contributed by atoms with Crippen LogP contribution in [-0.4, -0.2) is 42.4 Å². The maximum Gasteiger partial charge on any atom is 0.282 e. The SMILES string of the molecule is CNC(=O)c1cc(CC2CN3CCC2CC3)ccc1[N+](=O)[O-]. The van der Waals surface area contributed by atoms with Crippen molar-refractivity contribution in [3.8, 4) is 0 Å². The molecule has 1 atom stereocenters. The third-order valence-electron chi connectivity index (χ3n) is 5.02. The molecule has 3 saturated heterocycles. The third kappa shape index (κ3) is 2.83. The summed E-state index contributed by atoms with van der Waals surface area (Å²) >= 11 is 0. The molecule has 0 saturated carbocycles. The summed E-state index contributed by atoms with van der Waals surface area (Å²) < 4.78 is 0. The Kier molecular flexibility index (Phi) is 4.11. The minimum absolute atomic E-state index is 0.128. The molecule has 0 aliphatic carbocycles. The van der Waals surface area contributed by atoms with Crippen LogP contribution in [0.2, 0.25) is 0 Å². The van der Waals surface area contributed by atoms with Crippen LogP contribution in [0.15, 0.2) is 18.2 Å². The van der Waals surface area contributed by atoms with E-state index in [0.717, 1.165) is 24.4 Å². The van der Waals surface area contributed by atoms with Gasteiger partial charge in [0.2, 0.25) is 0 Å². The first-order chi connectivity index (χ1) is 10.6. The lowest BCUT2D eigenvalue weighted by Gasteiger charge is -2.45. The summed E-state index contributed by atoms with van der Waals surface area (Å²) in [5, 5.41) is 13.5. The van der Waals surface area contributed by atoms with E-state index in [0.29, 0.717) is 5.92 Å². The molecule has 2 bridgehead atoms. The molecule has 3 heterocycles. The van der Waals surface area contributed by atoms with E-state index in [-0.39, 0.29) is 11.3 Å². The standard InChI is InChI=1S/C16H21N3O3/c1-17-16(20)14-9-11(2-3-15(14)19(21)22)8-13-10-18-6-4-12(13)5-7-18/h2-3,9,12-13H,4-8,10H2,1H3,(H,17,20). The summed E-state index contributed by atoms with van der Waals surface area (Å²) in [4.78, 5) is 25.0. The van der Waals surface area contributed by atoms with Gasteiger partial charge < -0.3 is 10.2 Å². The van der Waals surface area contributed by atoms with Gasteiger partial charge in [0, 0.05) is 19.7 Å². The van der Waals surface area contributed by atoms with E-state index >= 15 is 0 Å². The van der Waals surface area contributed by atoms with E-state index in [9.17, 15) is 14.9 Å². The molecular weight excluding hydrogens is 282 g/mol. The largest absolute Gasteiger partial charge is 0.355 e. The summed E-state index contributed by atoms with van der Waals surface area (Å²) in [6.45, 7) is 3.51. The summed E-state index contributed by atoms with van der Waals surface area (Å²) in [5.41, 5.74) is 1.05. The molecule has 1 aromatic carbocycles. The molecule has 1 amide bonds. The van der Waals surface area contributed by atoms with Crippen LogP contribution in [0.25, 0.3) is 0 Å². The number of nitro groups is 1. The van der Waals surface area contributed by atoms with Crippen molar-refractivity contribution < 1.29 is 9.72 Å². The van der Waals surface area contributed by atoms with Gasteiger partial charge in [0.05, 0.1) is 4.92 Å². The number of nitrogens with one attached hydrogen (secondary N) is 1. The molecule has 0 spiro atoms. The highest BCUT2D eigenvalue weighted by Gasteiger charge is 2.34. The Balaban J connectivity index is 1.82. The van der Waals surface area contributed by atoms with Gasteiger partial charge in [-0.25, -0.2) is 0 Å². The molecule has 1 N–H and O–H groups in total. The second-order valence-electron chi connectivity index (χ2n) is 6.29. The Morgan fingerprint density at radius 2 is 2.14 bits per heavy atom. The van der Waals surface area contributed by atoms with Gasteiger partial charge in [-0.3, -0.25) is 14.9 Å². The number of piperidine rings is 3. The Morgan fingerprint density at radius 3 is 2.68 bits per heavy atom. The zero-order valence-electron chi connectivity index (χ0n) is 12.7. The monoisotopic (exact) mass is 303 g/mol. The van der Waals surface area contributed by atoms with E-state index in [1.165, 1.54) is 39.0 Å². The molecule has 0 aromatic heterocycles. The first-order valence-corrected chi connectivity index (χ1v) is 7.80. The van der Waals surface area contributed by atoms with Crippen LogP contribution in [0.5, 0.6) is 0 Å². The van der Waals surface area contributed by atoms with Gasteiger partial charge in [0.1, 0.15) is 5.56 Å². The average Bonchev–Trinajstić information content (AvgIpc) is 2.55. The first-order valence-electron chi connectivity index (χ1n) is 7.80. The van der Waals surface area contributed by atoms with Crippen LogP contribution in [0, 0.1) is 22.0 Å². The fourth-order valence-corrected chi connectivity index (χ4v) is 3.81. The van der Waals surface area contributed by atoms with Gasteiger partial charge in [-0.1, -0.05) is 6.07 Å². The normalized spacial score (nSPS) is 26.7. The van der Waals surface area contributed by atoms with Gasteiger partial charge in [0.15, 0.2) is 0 Å². The lowest BCUT2D eigenvalue weighted by Crippen LogP contribution is -2.48. The van der Waals surface area contributed by atoms with Gasteiger partial charge in [-0.05, 0) is 55.8 Å².